The van der Waals surface area contributed by atoms with Crippen LogP contribution in [-0.4, -0.2) is 17.9 Å². The quantitative estimate of drug-likeness (QED) is 0.315. The highest BCUT2D eigenvalue weighted by Crippen LogP contribution is 2.23. The Hall–Kier alpha value is -4.38. The molecule has 0 spiro atoms. The summed E-state index contributed by atoms with van der Waals surface area (Å²) in [4.78, 5) is 25.5. The van der Waals surface area contributed by atoms with E-state index in [4.69, 9.17) is 4.74 Å². The van der Waals surface area contributed by atoms with Crippen LogP contribution in [0.25, 0.3) is 11.1 Å². The molecule has 2 N–H and O–H groups in total. The van der Waals surface area contributed by atoms with Gasteiger partial charge in [-0.15, -0.1) is 0 Å². The molecule has 4 aromatic rings. The number of carbonyl (C=O) groups is 2. The summed E-state index contributed by atoms with van der Waals surface area (Å²) in [6.07, 6.45) is -0.156. The smallest absolute Gasteiger partial charge is 0.265 e. The van der Waals surface area contributed by atoms with E-state index in [1.54, 1.807) is 24.3 Å². The first-order valence-corrected chi connectivity index (χ1v) is 11.7. The monoisotopic (exact) mass is 464 g/mol. The van der Waals surface area contributed by atoms with E-state index in [2.05, 4.69) is 10.6 Å². The highest BCUT2D eigenvalue weighted by Gasteiger charge is 2.19. The van der Waals surface area contributed by atoms with E-state index in [9.17, 15) is 9.59 Å². The summed E-state index contributed by atoms with van der Waals surface area (Å²) in [6, 6.07) is 34.4. The number of amides is 2. The maximum atomic E-state index is 12.9. The van der Waals surface area contributed by atoms with Gasteiger partial charge in [0.1, 0.15) is 5.75 Å². The predicted molar refractivity (Wildman–Crippen MR) is 139 cm³/mol. The summed E-state index contributed by atoms with van der Waals surface area (Å²) in [5.74, 6) is 0.161. The van der Waals surface area contributed by atoms with Gasteiger partial charge in [0.25, 0.3) is 11.8 Å². The van der Waals surface area contributed by atoms with E-state index >= 15 is 0 Å². The van der Waals surface area contributed by atoms with Gasteiger partial charge in [-0.05, 0) is 53.4 Å². The largest absolute Gasteiger partial charge is 0.481 e. The number of anilines is 1. The van der Waals surface area contributed by atoms with Gasteiger partial charge in [0.15, 0.2) is 6.10 Å². The second kappa shape index (κ2) is 11.7. The van der Waals surface area contributed by atoms with Crippen molar-refractivity contribution in [2.24, 2.45) is 0 Å². The fraction of sp³-hybridized carbons (Fsp3) is 0.133. The molecule has 0 heterocycles. The molecule has 0 aliphatic rings. The van der Waals surface area contributed by atoms with E-state index in [1.165, 1.54) is 0 Å². The van der Waals surface area contributed by atoms with E-state index in [0.717, 1.165) is 16.7 Å². The van der Waals surface area contributed by atoms with Crippen molar-refractivity contribution in [1.29, 1.82) is 0 Å². The molecular formula is C30H28N2O3. The van der Waals surface area contributed by atoms with Crippen LogP contribution in [0.5, 0.6) is 5.75 Å². The zero-order chi connectivity index (χ0) is 24.5. The standard InChI is InChI=1S/C30H28N2O3/c1-2-28(35-27-18-16-24(17-19-27)23-12-7-4-8-13-23)30(34)32-26-15-9-14-25(20-26)29(33)31-21-22-10-5-3-6-11-22/h3-20,28H,2,21H2,1H3,(H,31,33)(H,32,34). The fourth-order valence-corrected chi connectivity index (χ4v) is 3.68. The average Bonchev–Trinajstić information content (AvgIpc) is 2.92. The van der Waals surface area contributed by atoms with Crippen LogP contribution in [0, 0.1) is 0 Å². The summed E-state index contributed by atoms with van der Waals surface area (Å²) in [5.41, 5.74) is 4.24. The summed E-state index contributed by atoms with van der Waals surface area (Å²) < 4.78 is 5.96. The minimum Gasteiger partial charge on any atom is -0.481 e. The molecule has 0 aromatic heterocycles. The highest BCUT2D eigenvalue weighted by atomic mass is 16.5. The molecule has 0 radical (unpaired) electrons. The van der Waals surface area contributed by atoms with Crippen LogP contribution in [0.3, 0.4) is 0 Å². The lowest BCUT2D eigenvalue weighted by Gasteiger charge is -2.18. The Balaban J connectivity index is 1.36. The van der Waals surface area contributed by atoms with Gasteiger partial charge in [-0.3, -0.25) is 9.59 Å². The molecule has 4 aromatic carbocycles. The highest BCUT2D eigenvalue weighted by molar-refractivity contribution is 5.98. The Morgan fingerprint density at radius 3 is 2.11 bits per heavy atom. The lowest BCUT2D eigenvalue weighted by molar-refractivity contribution is -0.122. The van der Waals surface area contributed by atoms with Crippen LogP contribution in [0.1, 0.15) is 29.3 Å². The summed E-state index contributed by atoms with van der Waals surface area (Å²) >= 11 is 0. The summed E-state index contributed by atoms with van der Waals surface area (Å²) in [6.45, 7) is 2.33. The Kier molecular flexibility index (Phi) is 7.92. The molecule has 176 valence electrons. The fourth-order valence-electron chi connectivity index (χ4n) is 3.68. The molecule has 1 atom stereocenters. The molecule has 35 heavy (non-hydrogen) atoms. The third kappa shape index (κ3) is 6.58. The normalized spacial score (nSPS) is 11.3. The molecule has 0 saturated carbocycles. The van der Waals surface area contributed by atoms with Crippen LogP contribution in [0.4, 0.5) is 5.69 Å². The molecule has 5 nitrogen and oxygen atoms in total. The Morgan fingerprint density at radius 1 is 0.771 bits per heavy atom. The average molecular weight is 465 g/mol. The zero-order valence-corrected chi connectivity index (χ0v) is 19.6. The van der Waals surface area contributed by atoms with Crippen molar-refractivity contribution in [3.63, 3.8) is 0 Å². The van der Waals surface area contributed by atoms with E-state index < -0.39 is 6.10 Å². The van der Waals surface area contributed by atoms with Crippen molar-refractivity contribution in [2.45, 2.75) is 26.0 Å². The third-order valence-corrected chi connectivity index (χ3v) is 5.59. The molecule has 0 aliphatic carbocycles. The van der Waals surface area contributed by atoms with Crippen LogP contribution in [-0.2, 0) is 11.3 Å². The molecule has 0 saturated heterocycles. The minimum absolute atomic E-state index is 0.202. The van der Waals surface area contributed by atoms with Crippen LogP contribution in [0.15, 0.2) is 109 Å². The van der Waals surface area contributed by atoms with Crippen molar-refractivity contribution in [3.8, 4) is 16.9 Å². The van der Waals surface area contributed by atoms with Crippen molar-refractivity contribution >= 4 is 17.5 Å². The topological polar surface area (TPSA) is 67.4 Å². The summed E-state index contributed by atoms with van der Waals surface area (Å²) in [7, 11) is 0. The SMILES string of the molecule is CCC(Oc1ccc(-c2ccccc2)cc1)C(=O)Nc1cccc(C(=O)NCc2ccccc2)c1. The number of rotatable bonds is 9. The maximum absolute atomic E-state index is 12.9. The van der Waals surface area contributed by atoms with E-state index in [-0.39, 0.29) is 11.8 Å². The third-order valence-electron chi connectivity index (χ3n) is 5.59. The minimum atomic E-state index is -0.659. The first-order chi connectivity index (χ1) is 17.1. The second-order valence-electron chi connectivity index (χ2n) is 8.14. The number of ether oxygens (including phenoxy) is 1. The van der Waals surface area contributed by atoms with Gasteiger partial charge >= 0.3 is 0 Å². The Bertz CT molecular complexity index is 1260. The first kappa shape index (κ1) is 23.8. The number of nitrogens with one attached hydrogen (secondary N) is 2. The molecule has 2 amide bonds. The van der Waals surface area contributed by atoms with Crippen LogP contribution in [0.2, 0.25) is 0 Å². The lowest BCUT2D eigenvalue weighted by Crippen LogP contribution is -2.32. The van der Waals surface area contributed by atoms with Gasteiger partial charge in [-0.2, -0.15) is 0 Å². The van der Waals surface area contributed by atoms with Crippen LogP contribution < -0.4 is 15.4 Å². The number of hydrogen-bond acceptors (Lipinski definition) is 3. The Labute approximate surface area is 205 Å². The molecule has 0 bridgehead atoms. The molecule has 1 unspecified atom stereocenters. The van der Waals surface area contributed by atoms with Gasteiger partial charge in [0.05, 0.1) is 0 Å². The van der Waals surface area contributed by atoms with Crippen molar-refractivity contribution in [1.82, 2.24) is 5.32 Å². The molecule has 0 fully saturated rings. The zero-order valence-electron chi connectivity index (χ0n) is 19.6. The molecule has 5 heteroatoms. The van der Waals surface area contributed by atoms with Crippen molar-refractivity contribution < 1.29 is 14.3 Å². The van der Waals surface area contributed by atoms with Gasteiger partial charge < -0.3 is 15.4 Å². The van der Waals surface area contributed by atoms with E-state index in [1.807, 2.05) is 91.9 Å². The van der Waals surface area contributed by atoms with E-state index in [0.29, 0.717) is 30.0 Å². The second-order valence-corrected chi connectivity index (χ2v) is 8.14. The van der Waals surface area contributed by atoms with Gasteiger partial charge in [0.2, 0.25) is 0 Å². The maximum Gasteiger partial charge on any atom is 0.265 e. The van der Waals surface area contributed by atoms with Crippen molar-refractivity contribution in [2.75, 3.05) is 5.32 Å². The lowest BCUT2D eigenvalue weighted by atomic mass is 10.1. The summed E-state index contributed by atoms with van der Waals surface area (Å²) in [5, 5.41) is 5.78. The molecular weight excluding hydrogens is 436 g/mol. The molecule has 4 rings (SSSR count). The van der Waals surface area contributed by atoms with Gasteiger partial charge in [-0.25, -0.2) is 0 Å². The van der Waals surface area contributed by atoms with Gasteiger partial charge in [-0.1, -0.05) is 85.8 Å². The van der Waals surface area contributed by atoms with Crippen molar-refractivity contribution in [3.05, 3.63) is 120 Å². The van der Waals surface area contributed by atoms with Gasteiger partial charge in [0, 0.05) is 17.8 Å². The number of carbonyl (C=O) groups excluding carboxylic acids is 2. The Morgan fingerprint density at radius 2 is 1.43 bits per heavy atom. The predicted octanol–water partition coefficient (Wildman–Crippen LogP) is 6.08. The number of hydrogen-bond donors (Lipinski definition) is 2. The number of benzene rings is 4. The molecule has 0 aliphatic heterocycles. The van der Waals surface area contributed by atoms with Crippen LogP contribution >= 0.6 is 0 Å². The first-order valence-electron chi connectivity index (χ1n) is 11.7.